The molecule has 2 rings (SSSR count). The lowest BCUT2D eigenvalue weighted by atomic mass is 10.0. The summed E-state index contributed by atoms with van der Waals surface area (Å²) >= 11 is 1.61. The molecular formula is C14H17FN2S. The largest absolute Gasteiger partial charge is 0.310 e. The molecule has 0 bridgehead atoms. The fraction of sp³-hybridized carbons (Fsp3) is 0.357. The lowest BCUT2D eigenvalue weighted by Crippen LogP contribution is -2.23. The van der Waals surface area contributed by atoms with Crippen LogP contribution in [0.4, 0.5) is 4.39 Å². The maximum Gasteiger partial charge on any atom is 0.128 e. The predicted octanol–water partition coefficient (Wildman–Crippen LogP) is 3.48. The molecule has 18 heavy (non-hydrogen) atoms. The Morgan fingerprint density at radius 3 is 2.94 bits per heavy atom. The van der Waals surface area contributed by atoms with Gasteiger partial charge < -0.3 is 5.32 Å². The van der Waals surface area contributed by atoms with E-state index in [1.54, 1.807) is 23.5 Å². The summed E-state index contributed by atoms with van der Waals surface area (Å²) in [6, 6.07) is 5.27. The fourth-order valence-corrected chi connectivity index (χ4v) is 2.65. The second-order valence-electron chi connectivity index (χ2n) is 4.31. The first-order valence-corrected chi connectivity index (χ1v) is 6.95. The average Bonchev–Trinajstić information content (AvgIpc) is 2.85. The first-order chi connectivity index (χ1) is 8.70. The van der Waals surface area contributed by atoms with Crippen LogP contribution in [0.5, 0.6) is 0 Å². The number of nitrogens with one attached hydrogen (secondary N) is 1. The second-order valence-corrected chi connectivity index (χ2v) is 5.28. The number of benzene rings is 1. The van der Waals surface area contributed by atoms with Gasteiger partial charge in [0.15, 0.2) is 0 Å². The third-order valence-electron chi connectivity index (χ3n) is 2.87. The van der Waals surface area contributed by atoms with E-state index < -0.39 is 0 Å². The summed E-state index contributed by atoms with van der Waals surface area (Å²) in [6.45, 7) is 4.84. The van der Waals surface area contributed by atoms with E-state index in [9.17, 15) is 4.39 Å². The first kappa shape index (κ1) is 13.2. The predicted molar refractivity (Wildman–Crippen MR) is 73.4 cm³/mol. The summed E-state index contributed by atoms with van der Waals surface area (Å²) in [5.74, 6) is -0.143. The molecule has 2 nitrogen and oxygen atoms in total. The van der Waals surface area contributed by atoms with Crippen molar-refractivity contribution in [3.63, 3.8) is 0 Å². The van der Waals surface area contributed by atoms with Gasteiger partial charge in [-0.1, -0.05) is 24.6 Å². The van der Waals surface area contributed by atoms with Crippen molar-refractivity contribution in [3.05, 3.63) is 51.7 Å². The van der Waals surface area contributed by atoms with Crippen molar-refractivity contribution in [2.24, 2.45) is 0 Å². The van der Waals surface area contributed by atoms with Crippen LogP contribution in [0.1, 0.15) is 29.0 Å². The van der Waals surface area contributed by atoms with Crippen LogP contribution in [0.2, 0.25) is 0 Å². The molecule has 4 heteroatoms. The van der Waals surface area contributed by atoms with E-state index in [0.717, 1.165) is 24.1 Å². The average molecular weight is 264 g/mol. The van der Waals surface area contributed by atoms with Crippen molar-refractivity contribution in [1.29, 1.82) is 0 Å². The molecule has 1 unspecified atom stereocenters. The Kier molecular flexibility index (Phi) is 4.44. The van der Waals surface area contributed by atoms with E-state index in [1.165, 1.54) is 4.88 Å². The molecule has 0 fully saturated rings. The molecule has 0 radical (unpaired) electrons. The minimum absolute atomic E-state index is 0.00958. The van der Waals surface area contributed by atoms with Gasteiger partial charge in [0.05, 0.1) is 5.51 Å². The zero-order valence-corrected chi connectivity index (χ0v) is 11.4. The van der Waals surface area contributed by atoms with Crippen molar-refractivity contribution >= 4 is 11.3 Å². The van der Waals surface area contributed by atoms with Crippen molar-refractivity contribution in [1.82, 2.24) is 10.3 Å². The van der Waals surface area contributed by atoms with Gasteiger partial charge in [-0.25, -0.2) is 4.39 Å². The second kappa shape index (κ2) is 6.07. The Morgan fingerprint density at radius 2 is 2.28 bits per heavy atom. The van der Waals surface area contributed by atoms with Gasteiger partial charge in [-0.05, 0) is 19.5 Å². The molecule has 0 aliphatic rings. The third-order valence-corrected chi connectivity index (χ3v) is 3.67. The number of thiazole rings is 1. The molecule has 1 aromatic carbocycles. The monoisotopic (exact) mass is 264 g/mol. The number of halogens is 1. The minimum atomic E-state index is -0.143. The summed E-state index contributed by atoms with van der Waals surface area (Å²) < 4.78 is 13.9. The van der Waals surface area contributed by atoms with Gasteiger partial charge >= 0.3 is 0 Å². The minimum Gasteiger partial charge on any atom is -0.310 e. The van der Waals surface area contributed by atoms with Gasteiger partial charge in [0, 0.05) is 29.1 Å². The van der Waals surface area contributed by atoms with E-state index in [0.29, 0.717) is 0 Å². The molecular weight excluding hydrogens is 247 g/mol. The number of aromatic nitrogens is 1. The van der Waals surface area contributed by atoms with E-state index in [-0.39, 0.29) is 11.9 Å². The van der Waals surface area contributed by atoms with Gasteiger partial charge in [-0.3, -0.25) is 4.98 Å². The van der Waals surface area contributed by atoms with Crippen LogP contribution < -0.4 is 5.32 Å². The number of aryl methyl sites for hydroxylation is 1. The maximum atomic E-state index is 13.9. The quantitative estimate of drug-likeness (QED) is 0.894. The van der Waals surface area contributed by atoms with Crippen LogP contribution in [0.15, 0.2) is 29.9 Å². The molecule has 1 atom stereocenters. The summed E-state index contributed by atoms with van der Waals surface area (Å²) in [6.07, 6.45) is 2.63. The molecule has 2 aromatic rings. The highest BCUT2D eigenvalue weighted by atomic mass is 32.1. The van der Waals surface area contributed by atoms with E-state index in [2.05, 4.69) is 10.3 Å². The molecule has 0 aliphatic carbocycles. The summed E-state index contributed by atoms with van der Waals surface area (Å²) in [5, 5.41) is 3.34. The van der Waals surface area contributed by atoms with Crippen LogP contribution in [0.25, 0.3) is 0 Å². The molecule has 96 valence electrons. The van der Waals surface area contributed by atoms with Crippen molar-refractivity contribution in [3.8, 4) is 0 Å². The highest BCUT2D eigenvalue weighted by Gasteiger charge is 2.16. The summed E-state index contributed by atoms with van der Waals surface area (Å²) in [7, 11) is 0. The molecule has 1 aromatic heterocycles. The molecule has 1 N–H and O–H groups in total. The van der Waals surface area contributed by atoms with Crippen molar-refractivity contribution in [2.75, 3.05) is 6.54 Å². The molecule has 0 spiro atoms. The number of hydrogen-bond donors (Lipinski definition) is 1. The molecule has 1 heterocycles. The Balaban J connectivity index is 2.26. The van der Waals surface area contributed by atoms with Crippen LogP contribution in [-0.2, 0) is 6.42 Å². The van der Waals surface area contributed by atoms with Crippen LogP contribution in [0.3, 0.4) is 0 Å². The Hall–Kier alpha value is -1.26. The zero-order valence-electron chi connectivity index (χ0n) is 10.6. The highest BCUT2D eigenvalue weighted by molar-refractivity contribution is 7.09. The molecule has 0 saturated carbocycles. The third kappa shape index (κ3) is 3.15. The lowest BCUT2D eigenvalue weighted by molar-refractivity contribution is 0.511. The summed E-state index contributed by atoms with van der Waals surface area (Å²) in [4.78, 5) is 5.23. The van der Waals surface area contributed by atoms with Gasteiger partial charge in [0.25, 0.3) is 0 Å². The number of rotatable bonds is 5. The first-order valence-electron chi connectivity index (χ1n) is 6.07. The Morgan fingerprint density at radius 1 is 1.44 bits per heavy atom. The van der Waals surface area contributed by atoms with Crippen LogP contribution in [-0.4, -0.2) is 11.5 Å². The van der Waals surface area contributed by atoms with Crippen LogP contribution in [0, 0.1) is 12.7 Å². The normalized spacial score (nSPS) is 12.6. The van der Waals surface area contributed by atoms with Gasteiger partial charge in [0.2, 0.25) is 0 Å². The van der Waals surface area contributed by atoms with Gasteiger partial charge in [-0.15, -0.1) is 11.3 Å². The standard InChI is InChI=1S/C14H17FN2S/c1-3-17-14(7-11-8-16-9-18-11)12-6-10(2)4-5-13(12)15/h4-6,8-9,14,17H,3,7H2,1-2H3. The van der Waals surface area contributed by atoms with Gasteiger partial charge in [0.1, 0.15) is 5.82 Å². The Labute approximate surface area is 111 Å². The number of hydrogen-bond acceptors (Lipinski definition) is 3. The van der Waals surface area contributed by atoms with E-state index in [1.807, 2.05) is 31.6 Å². The van der Waals surface area contributed by atoms with E-state index in [4.69, 9.17) is 0 Å². The smallest absolute Gasteiger partial charge is 0.128 e. The SMILES string of the molecule is CCNC(Cc1cncs1)c1cc(C)ccc1F. The lowest BCUT2D eigenvalue weighted by Gasteiger charge is -2.18. The van der Waals surface area contributed by atoms with E-state index >= 15 is 0 Å². The number of nitrogens with zero attached hydrogens (tertiary/aromatic N) is 1. The maximum absolute atomic E-state index is 13.9. The zero-order chi connectivity index (χ0) is 13.0. The Bertz CT molecular complexity index is 497. The van der Waals surface area contributed by atoms with Crippen molar-refractivity contribution < 1.29 is 4.39 Å². The van der Waals surface area contributed by atoms with Gasteiger partial charge in [-0.2, -0.15) is 0 Å². The molecule has 0 aliphatic heterocycles. The topological polar surface area (TPSA) is 24.9 Å². The highest BCUT2D eigenvalue weighted by Crippen LogP contribution is 2.23. The number of likely N-dealkylation sites (N-methyl/N-ethyl adjacent to an activating group) is 1. The fourth-order valence-electron chi connectivity index (χ4n) is 2.01. The van der Waals surface area contributed by atoms with Crippen molar-refractivity contribution in [2.45, 2.75) is 26.3 Å². The van der Waals surface area contributed by atoms with Crippen LogP contribution >= 0.6 is 11.3 Å². The molecule has 0 saturated heterocycles. The molecule has 0 amide bonds. The summed E-state index contributed by atoms with van der Waals surface area (Å²) in [5.41, 5.74) is 3.63.